The van der Waals surface area contributed by atoms with E-state index in [9.17, 15) is 9.59 Å². The van der Waals surface area contributed by atoms with Crippen LogP contribution in [0.3, 0.4) is 0 Å². The molecule has 0 unspecified atom stereocenters. The molecule has 3 nitrogen and oxygen atoms in total. The largest absolute Gasteiger partial charge is 0.354 e. The second-order valence-corrected chi connectivity index (χ2v) is 3.61. The first-order valence-corrected chi connectivity index (χ1v) is 4.49. The van der Waals surface area contributed by atoms with Crippen LogP contribution in [0.4, 0.5) is 0 Å². The first-order chi connectivity index (χ1) is 6.58. The number of Topliss-reactive ketones (excluding diaryl/α,β-unsaturated/α-hetero) is 1. The molecule has 1 heterocycles. The quantitative estimate of drug-likeness (QED) is 0.537. The molecule has 0 aromatic heterocycles. The van der Waals surface area contributed by atoms with Gasteiger partial charge in [-0.05, 0) is 24.6 Å². The molecule has 0 saturated carbocycles. The molecule has 0 N–H and O–H groups in total. The average Bonchev–Trinajstić information content (AvgIpc) is 2.08. The van der Waals surface area contributed by atoms with Crippen LogP contribution < -0.4 is 0 Å². The van der Waals surface area contributed by atoms with Crippen LogP contribution in [0.15, 0.2) is 35.2 Å². The molecule has 2 aliphatic rings. The molecule has 2 rings (SSSR count). The Morgan fingerprint density at radius 1 is 1.29 bits per heavy atom. The Balaban J connectivity index is 2.51. The molecule has 0 amide bonds. The number of carbonyl (C=O) groups excluding carboxylic acids is 2. The summed E-state index contributed by atoms with van der Waals surface area (Å²) in [4.78, 5) is 24.5. The standard InChI is InChI=1S/C11H11NO2/c1-7-3-8-4-9(13)5-11(14)10(8)6-12(7)2/h3-4,6H,5H2,1-2H3. The zero-order valence-corrected chi connectivity index (χ0v) is 8.20. The summed E-state index contributed by atoms with van der Waals surface area (Å²) >= 11 is 0. The third kappa shape index (κ3) is 1.31. The summed E-state index contributed by atoms with van der Waals surface area (Å²) in [7, 11) is 1.89. The Morgan fingerprint density at radius 2 is 2.00 bits per heavy atom. The monoisotopic (exact) mass is 189 g/mol. The lowest BCUT2D eigenvalue weighted by Gasteiger charge is -2.24. The average molecular weight is 189 g/mol. The van der Waals surface area contributed by atoms with Gasteiger partial charge in [-0.2, -0.15) is 0 Å². The lowest BCUT2D eigenvalue weighted by molar-refractivity contribution is -0.123. The van der Waals surface area contributed by atoms with Crippen molar-refractivity contribution in [1.29, 1.82) is 0 Å². The zero-order chi connectivity index (χ0) is 10.3. The molecule has 0 atom stereocenters. The first-order valence-electron chi connectivity index (χ1n) is 4.49. The molecule has 0 radical (unpaired) electrons. The minimum atomic E-state index is -0.101. The van der Waals surface area contributed by atoms with E-state index >= 15 is 0 Å². The van der Waals surface area contributed by atoms with Gasteiger partial charge in [-0.1, -0.05) is 0 Å². The molecule has 0 bridgehead atoms. The van der Waals surface area contributed by atoms with Crippen molar-refractivity contribution < 1.29 is 9.59 Å². The number of hydrogen-bond donors (Lipinski definition) is 0. The smallest absolute Gasteiger partial charge is 0.172 e. The van der Waals surface area contributed by atoms with E-state index in [0.717, 1.165) is 11.3 Å². The highest BCUT2D eigenvalue weighted by Gasteiger charge is 2.25. The van der Waals surface area contributed by atoms with Gasteiger partial charge < -0.3 is 4.90 Å². The zero-order valence-electron chi connectivity index (χ0n) is 8.20. The van der Waals surface area contributed by atoms with Gasteiger partial charge in [-0.3, -0.25) is 9.59 Å². The SMILES string of the molecule is CC1=CC2=CC(=O)CC(=O)C2=CN1C. The van der Waals surface area contributed by atoms with E-state index in [1.807, 2.05) is 24.9 Å². The number of allylic oxidation sites excluding steroid dienone is 5. The Bertz CT molecular complexity index is 413. The van der Waals surface area contributed by atoms with Crippen molar-refractivity contribution in [3.63, 3.8) is 0 Å². The van der Waals surface area contributed by atoms with Crippen LogP contribution in [-0.2, 0) is 9.59 Å². The molecule has 14 heavy (non-hydrogen) atoms. The van der Waals surface area contributed by atoms with Gasteiger partial charge in [0.25, 0.3) is 0 Å². The van der Waals surface area contributed by atoms with Gasteiger partial charge in [0, 0.05) is 24.5 Å². The summed E-state index contributed by atoms with van der Waals surface area (Å²) in [5.41, 5.74) is 2.43. The molecular formula is C11H11NO2. The fourth-order valence-electron chi connectivity index (χ4n) is 1.60. The maximum atomic E-state index is 11.5. The fraction of sp³-hybridized carbons (Fsp3) is 0.273. The van der Waals surface area contributed by atoms with E-state index in [1.54, 1.807) is 12.3 Å². The lowest BCUT2D eigenvalue weighted by Crippen LogP contribution is -2.23. The van der Waals surface area contributed by atoms with E-state index < -0.39 is 0 Å². The Kier molecular flexibility index (Phi) is 1.88. The van der Waals surface area contributed by atoms with Crippen molar-refractivity contribution in [1.82, 2.24) is 4.90 Å². The first kappa shape index (κ1) is 8.94. The summed E-state index contributed by atoms with van der Waals surface area (Å²) < 4.78 is 0. The molecule has 0 aromatic rings. The van der Waals surface area contributed by atoms with Crippen LogP contribution in [0.5, 0.6) is 0 Å². The van der Waals surface area contributed by atoms with Gasteiger partial charge in [0.15, 0.2) is 11.6 Å². The topological polar surface area (TPSA) is 37.4 Å². The molecule has 0 spiro atoms. The van der Waals surface area contributed by atoms with Gasteiger partial charge in [-0.25, -0.2) is 0 Å². The van der Waals surface area contributed by atoms with E-state index in [-0.39, 0.29) is 18.0 Å². The number of fused-ring (bicyclic) bond motifs is 1. The van der Waals surface area contributed by atoms with Crippen LogP contribution in [0, 0.1) is 0 Å². The third-order valence-electron chi connectivity index (χ3n) is 2.51. The molecule has 1 aliphatic heterocycles. The third-order valence-corrected chi connectivity index (χ3v) is 2.51. The van der Waals surface area contributed by atoms with Crippen molar-refractivity contribution >= 4 is 11.6 Å². The molecule has 0 fully saturated rings. The van der Waals surface area contributed by atoms with E-state index in [4.69, 9.17) is 0 Å². The number of carbonyl (C=O) groups is 2. The predicted molar refractivity (Wildman–Crippen MR) is 52.3 cm³/mol. The maximum absolute atomic E-state index is 11.5. The Morgan fingerprint density at radius 3 is 2.71 bits per heavy atom. The summed E-state index contributed by atoms with van der Waals surface area (Å²) in [5.74, 6) is -0.182. The molecule has 0 aromatic carbocycles. The second kappa shape index (κ2) is 2.94. The second-order valence-electron chi connectivity index (χ2n) is 3.61. The fourth-order valence-corrected chi connectivity index (χ4v) is 1.60. The van der Waals surface area contributed by atoms with Crippen LogP contribution in [-0.4, -0.2) is 23.5 Å². The lowest BCUT2D eigenvalue weighted by atomic mass is 9.90. The van der Waals surface area contributed by atoms with Gasteiger partial charge in [0.2, 0.25) is 0 Å². The predicted octanol–water partition coefficient (Wildman–Crippen LogP) is 1.19. The van der Waals surface area contributed by atoms with E-state index in [2.05, 4.69) is 0 Å². The maximum Gasteiger partial charge on any atom is 0.172 e. The summed E-state index contributed by atoms with van der Waals surface area (Å²) in [6.07, 6.45) is 5.21. The van der Waals surface area contributed by atoms with Gasteiger partial charge in [0.05, 0.1) is 6.42 Å². The number of nitrogens with zero attached hydrogens (tertiary/aromatic N) is 1. The van der Waals surface area contributed by atoms with Crippen molar-refractivity contribution in [3.8, 4) is 0 Å². The highest BCUT2D eigenvalue weighted by atomic mass is 16.1. The van der Waals surface area contributed by atoms with E-state index in [1.165, 1.54) is 0 Å². The van der Waals surface area contributed by atoms with E-state index in [0.29, 0.717) is 5.57 Å². The number of rotatable bonds is 0. The summed E-state index contributed by atoms with van der Waals surface area (Å²) in [5, 5.41) is 0. The van der Waals surface area contributed by atoms with Crippen LogP contribution >= 0.6 is 0 Å². The van der Waals surface area contributed by atoms with Crippen LogP contribution in [0.25, 0.3) is 0 Å². The van der Waals surface area contributed by atoms with Gasteiger partial charge in [-0.15, -0.1) is 0 Å². The van der Waals surface area contributed by atoms with Gasteiger partial charge in [0.1, 0.15) is 0 Å². The normalized spacial score (nSPS) is 21.3. The van der Waals surface area contributed by atoms with Crippen LogP contribution in [0.2, 0.25) is 0 Å². The number of ketones is 2. The minimum Gasteiger partial charge on any atom is -0.354 e. The van der Waals surface area contributed by atoms with Crippen molar-refractivity contribution in [2.75, 3.05) is 7.05 Å². The van der Waals surface area contributed by atoms with Crippen molar-refractivity contribution in [3.05, 3.63) is 35.2 Å². The molecule has 72 valence electrons. The van der Waals surface area contributed by atoms with Crippen molar-refractivity contribution in [2.24, 2.45) is 0 Å². The minimum absolute atomic E-state index is 0.00998. The number of hydrogen-bond acceptors (Lipinski definition) is 3. The highest BCUT2D eigenvalue weighted by molar-refractivity contribution is 6.17. The molecule has 1 aliphatic carbocycles. The molecule has 3 heteroatoms. The van der Waals surface area contributed by atoms with Crippen molar-refractivity contribution in [2.45, 2.75) is 13.3 Å². The molecular weight excluding hydrogens is 178 g/mol. The Labute approximate surface area is 82.4 Å². The van der Waals surface area contributed by atoms with Gasteiger partial charge >= 0.3 is 0 Å². The summed E-state index contributed by atoms with van der Waals surface area (Å²) in [6, 6.07) is 0. The summed E-state index contributed by atoms with van der Waals surface area (Å²) in [6.45, 7) is 1.94. The Hall–Kier alpha value is -1.64. The molecule has 0 saturated heterocycles. The van der Waals surface area contributed by atoms with Crippen LogP contribution in [0.1, 0.15) is 13.3 Å². The highest BCUT2D eigenvalue weighted by Crippen LogP contribution is 2.26.